The van der Waals surface area contributed by atoms with Gasteiger partial charge in [-0.15, -0.1) is 0 Å². The highest BCUT2D eigenvalue weighted by Crippen LogP contribution is 2.20. The first-order valence-electron chi connectivity index (χ1n) is 8.02. The molecule has 0 spiro atoms. The molecule has 8 heteroatoms. The fourth-order valence-electron chi connectivity index (χ4n) is 2.69. The van der Waals surface area contributed by atoms with Crippen LogP contribution in [0.5, 0.6) is 0 Å². The highest BCUT2D eigenvalue weighted by molar-refractivity contribution is 5.75. The SMILES string of the molecule is CC(Nc1ccc2ncn(-c3ccc[nH]c3=O)c2n1)c1ccc(F)cn1. The van der Waals surface area contributed by atoms with Gasteiger partial charge in [0.1, 0.15) is 29.2 Å². The number of hydrogen-bond acceptors (Lipinski definition) is 5. The van der Waals surface area contributed by atoms with E-state index in [4.69, 9.17) is 0 Å². The molecular weight excluding hydrogens is 335 g/mol. The summed E-state index contributed by atoms with van der Waals surface area (Å²) < 4.78 is 14.7. The number of rotatable bonds is 4. The summed E-state index contributed by atoms with van der Waals surface area (Å²) in [5, 5.41) is 3.23. The molecule has 0 aliphatic rings. The number of nitrogens with zero attached hydrogens (tertiary/aromatic N) is 4. The third-order valence-electron chi connectivity index (χ3n) is 4.01. The van der Waals surface area contributed by atoms with Gasteiger partial charge in [0.05, 0.1) is 17.9 Å². The van der Waals surface area contributed by atoms with Gasteiger partial charge in [0.15, 0.2) is 5.65 Å². The third-order valence-corrected chi connectivity index (χ3v) is 4.01. The number of nitrogens with one attached hydrogen (secondary N) is 2. The first-order valence-corrected chi connectivity index (χ1v) is 8.02. The van der Waals surface area contributed by atoms with E-state index < -0.39 is 0 Å². The third kappa shape index (κ3) is 2.92. The Morgan fingerprint density at radius 2 is 2.08 bits per heavy atom. The van der Waals surface area contributed by atoms with Gasteiger partial charge < -0.3 is 10.3 Å². The summed E-state index contributed by atoms with van der Waals surface area (Å²) in [5.74, 6) is 0.225. The number of aromatic amines is 1. The van der Waals surface area contributed by atoms with E-state index in [1.165, 1.54) is 12.3 Å². The minimum Gasteiger partial charge on any atom is -0.362 e. The van der Waals surface area contributed by atoms with Crippen LogP contribution < -0.4 is 10.9 Å². The van der Waals surface area contributed by atoms with Crippen molar-refractivity contribution in [2.75, 3.05) is 5.32 Å². The lowest BCUT2D eigenvalue weighted by Crippen LogP contribution is -2.13. The summed E-state index contributed by atoms with van der Waals surface area (Å²) in [7, 11) is 0. The van der Waals surface area contributed by atoms with Crippen molar-refractivity contribution in [2.45, 2.75) is 13.0 Å². The highest BCUT2D eigenvalue weighted by Gasteiger charge is 2.12. The molecule has 0 aliphatic heterocycles. The van der Waals surface area contributed by atoms with E-state index in [-0.39, 0.29) is 17.4 Å². The molecule has 7 nitrogen and oxygen atoms in total. The Bertz CT molecular complexity index is 1120. The fourth-order valence-corrected chi connectivity index (χ4v) is 2.69. The molecule has 0 radical (unpaired) electrons. The number of anilines is 1. The molecule has 4 heterocycles. The number of H-pyrrole nitrogens is 1. The zero-order valence-corrected chi connectivity index (χ0v) is 13.8. The second-order valence-electron chi connectivity index (χ2n) is 5.81. The molecule has 1 atom stereocenters. The standard InChI is InChI=1S/C18H15FN6O/c1-11(13-5-4-12(19)9-21-13)23-16-7-6-14-17(24-16)25(10-22-14)15-3-2-8-20-18(15)26/h2-11H,1H3,(H,20,26)(H,23,24). The van der Waals surface area contributed by atoms with Crippen LogP contribution in [0.15, 0.2) is 59.9 Å². The Morgan fingerprint density at radius 3 is 2.85 bits per heavy atom. The smallest absolute Gasteiger partial charge is 0.272 e. The Kier molecular flexibility index (Phi) is 3.92. The van der Waals surface area contributed by atoms with Gasteiger partial charge in [0, 0.05) is 6.20 Å². The lowest BCUT2D eigenvalue weighted by atomic mass is 10.2. The van der Waals surface area contributed by atoms with E-state index in [9.17, 15) is 9.18 Å². The zero-order chi connectivity index (χ0) is 18.1. The van der Waals surface area contributed by atoms with Crippen LogP contribution in [-0.4, -0.2) is 24.5 Å². The van der Waals surface area contributed by atoms with Gasteiger partial charge in [-0.3, -0.25) is 14.3 Å². The molecule has 4 aromatic heterocycles. The van der Waals surface area contributed by atoms with E-state index in [0.29, 0.717) is 28.4 Å². The van der Waals surface area contributed by atoms with E-state index >= 15 is 0 Å². The van der Waals surface area contributed by atoms with Crippen LogP contribution >= 0.6 is 0 Å². The summed E-state index contributed by atoms with van der Waals surface area (Å²) in [4.78, 5) is 27.6. The lowest BCUT2D eigenvalue weighted by Gasteiger charge is -2.14. The van der Waals surface area contributed by atoms with Gasteiger partial charge in [0.25, 0.3) is 5.56 Å². The largest absolute Gasteiger partial charge is 0.362 e. The average Bonchev–Trinajstić information content (AvgIpc) is 3.06. The monoisotopic (exact) mass is 350 g/mol. The van der Waals surface area contributed by atoms with Gasteiger partial charge in [-0.2, -0.15) is 0 Å². The molecular formula is C18H15FN6O. The molecule has 130 valence electrons. The fraction of sp³-hybridized carbons (Fsp3) is 0.111. The number of imidazole rings is 1. The lowest BCUT2D eigenvalue weighted by molar-refractivity contribution is 0.617. The Hall–Kier alpha value is -3.55. The summed E-state index contributed by atoms with van der Waals surface area (Å²) in [6.45, 7) is 1.91. The van der Waals surface area contributed by atoms with Crippen molar-refractivity contribution in [3.8, 4) is 5.69 Å². The number of pyridine rings is 3. The van der Waals surface area contributed by atoms with Crippen molar-refractivity contribution >= 4 is 17.0 Å². The quantitative estimate of drug-likeness (QED) is 0.591. The maximum absolute atomic E-state index is 13.0. The summed E-state index contributed by atoms with van der Waals surface area (Å²) in [5.41, 5.74) is 2.14. The predicted octanol–water partition coefficient (Wildman–Crippen LogP) is 2.82. The van der Waals surface area contributed by atoms with Crippen LogP contribution in [0.25, 0.3) is 16.9 Å². The van der Waals surface area contributed by atoms with Crippen LogP contribution in [0.1, 0.15) is 18.7 Å². The van der Waals surface area contributed by atoms with Crippen molar-refractivity contribution in [1.82, 2.24) is 24.5 Å². The van der Waals surface area contributed by atoms with Crippen LogP contribution in [0.3, 0.4) is 0 Å². The van der Waals surface area contributed by atoms with Gasteiger partial charge in [0.2, 0.25) is 0 Å². The Balaban J connectivity index is 1.69. The van der Waals surface area contributed by atoms with Gasteiger partial charge >= 0.3 is 0 Å². The van der Waals surface area contributed by atoms with Crippen molar-refractivity contribution in [1.29, 1.82) is 0 Å². The van der Waals surface area contributed by atoms with Crippen molar-refractivity contribution in [3.63, 3.8) is 0 Å². The molecule has 1 unspecified atom stereocenters. The molecule has 0 bridgehead atoms. The Morgan fingerprint density at radius 1 is 1.19 bits per heavy atom. The van der Waals surface area contributed by atoms with Crippen LogP contribution in [0.4, 0.5) is 10.2 Å². The number of halogens is 1. The van der Waals surface area contributed by atoms with E-state index in [1.807, 2.05) is 13.0 Å². The molecule has 26 heavy (non-hydrogen) atoms. The number of aromatic nitrogens is 5. The minimum atomic E-state index is -0.377. The predicted molar refractivity (Wildman–Crippen MR) is 95.7 cm³/mol. The van der Waals surface area contributed by atoms with Gasteiger partial charge in [-0.05, 0) is 43.3 Å². The highest BCUT2D eigenvalue weighted by atomic mass is 19.1. The molecule has 2 N–H and O–H groups in total. The molecule has 0 amide bonds. The van der Waals surface area contributed by atoms with Crippen LogP contribution in [0.2, 0.25) is 0 Å². The maximum Gasteiger partial charge on any atom is 0.272 e. The molecule has 0 aromatic carbocycles. The maximum atomic E-state index is 13.0. The van der Waals surface area contributed by atoms with Crippen molar-refractivity contribution in [2.24, 2.45) is 0 Å². The summed E-state index contributed by atoms with van der Waals surface area (Å²) in [6, 6.07) is 9.89. The molecule has 0 fully saturated rings. The first-order chi connectivity index (χ1) is 12.6. The second-order valence-corrected chi connectivity index (χ2v) is 5.81. The van der Waals surface area contributed by atoms with E-state index in [2.05, 4.69) is 25.3 Å². The van der Waals surface area contributed by atoms with Crippen LogP contribution in [0, 0.1) is 5.82 Å². The van der Waals surface area contributed by atoms with Crippen molar-refractivity contribution < 1.29 is 4.39 Å². The molecule has 0 saturated carbocycles. The summed E-state index contributed by atoms with van der Waals surface area (Å²) >= 11 is 0. The zero-order valence-electron chi connectivity index (χ0n) is 13.8. The number of fused-ring (bicyclic) bond motifs is 1. The van der Waals surface area contributed by atoms with Crippen molar-refractivity contribution in [3.05, 3.63) is 77.0 Å². The number of hydrogen-bond donors (Lipinski definition) is 2. The molecule has 4 aromatic rings. The minimum absolute atomic E-state index is 0.169. The van der Waals surface area contributed by atoms with Crippen LogP contribution in [-0.2, 0) is 0 Å². The van der Waals surface area contributed by atoms with Gasteiger partial charge in [-0.1, -0.05) is 0 Å². The normalized spacial score (nSPS) is 12.2. The summed E-state index contributed by atoms with van der Waals surface area (Å²) in [6.07, 6.45) is 4.32. The Labute approximate surface area is 147 Å². The molecule has 0 saturated heterocycles. The van der Waals surface area contributed by atoms with Gasteiger partial charge in [-0.25, -0.2) is 14.4 Å². The molecule has 4 rings (SSSR count). The van der Waals surface area contributed by atoms with E-state index in [0.717, 1.165) is 0 Å². The first kappa shape index (κ1) is 15.9. The average molecular weight is 350 g/mol. The second kappa shape index (κ2) is 6.40. The topological polar surface area (TPSA) is 88.5 Å². The van der Waals surface area contributed by atoms with E-state index in [1.54, 1.807) is 41.4 Å². The molecule has 0 aliphatic carbocycles.